The number of nitrogens with zero attached hydrogens (tertiary/aromatic N) is 1. The molecule has 1 aromatic heterocycles. The maximum atomic E-state index is 12.1. The Kier molecular flexibility index (Phi) is 3.88. The standard InChI is InChI=1S/C17H19N3O2S/c21-13-7-14(18-8-13)16(22)20-17-19-15(9-23-17)12-5-4-10-2-1-3-11(10)6-12/h4-6,9,13-14,18,21H,1-3,7-8H2,(H,19,20,22)/t13-,14+/m1/s1. The van der Waals surface area contributed by atoms with E-state index in [1.54, 1.807) is 0 Å². The van der Waals surface area contributed by atoms with Gasteiger partial charge in [-0.2, -0.15) is 0 Å². The van der Waals surface area contributed by atoms with Crippen molar-refractivity contribution in [2.45, 2.75) is 37.8 Å². The molecule has 0 bridgehead atoms. The minimum absolute atomic E-state index is 0.128. The Balaban J connectivity index is 1.47. The highest BCUT2D eigenvalue weighted by atomic mass is 32.1. The summed E-state index contributed by atoms with van der Waals surface area (Å²) in [5.41, 5.74) is 4.88. The number of carbonyl (C=O) groups is 1. The number of aromatic nitrogens is 1. The van der Waals surface area contributed by atoms with Crippen LogP contribution in [0.1, 0.15) is 24.0 Å². The fraction of sp³-hybridized carbons (Fsp3) is 0.412. The van der Waals surface area contributed by atoms with Crippen molar-refractivity contribution in [1.82, 2.24) is 10.3 Å². The molecule has 2 atom stereocenters. The zero-order valence-corrected chi connectivity index (χ0v) is 13.5. The Hall–Kier alpha value is -1.76. The second-order valence-corrected chi connectivity index (χ2v) is 7.07. The molecular formula is C17H19N3O2S. The van der Waals surface area contributed by atoms with E-state index < -0.39 is 6.10 Å². The van der Waals surface area contributed by atoms with Crippen molar-refractivity contribution in [3.63, 3.8) is 0 Å². The molecule has 0 spiro atoms. The third-order valence-corrected chi connectivity index (χ3v) is 5.31. The summed E-state index contributed by atoms with van der Waals surface area (Å²) in [6.07, 6.45) is 3.57. The summed E-state index contributed by atoms with van der Waals surface area (Å²) in [5.74, 6) is -0.128. The van der Waals surface area contributed by atoms with Gasteiger partial charge in [0.05, 0.1) is 17.8 Å². The van der Waals surface area contributed by atoms with Gasteiger partial charge < -0.3 is 15.7 Å². The van der Waals surface area contributed by atoms with Gasteiger partial charge in [0.2, 0.25) is 5.91 Å². The van der Waals surface area contributed by atoms with Gasteiger partial charge in [0, 0.05) is 17.5 Å². The van der Waals surface area contributed by atoms with Crippen LogP contribution in [0.25, 0.3) is 11.3 Å². The van der Waals surface area contributed by atoms with Crippen LogP contribution in [0.2, 0.25) is 0 Å². The van der Waals surface area contributed by atoms with E-state index in [0.29, 0.717) is 18.1 Å². The first-order valence-corrected chi connectivity index (χ1v) is 8.87. The maximum Gasteiger partial charge on any atom is 0.243 e. The monoisotopic (exact) mass is 329 g/mol. The average molecular weight is 329 g/mol. The lowest BCUT2D eigenvalue weighted by molar-refractivity contribution is -0.117. The molecule has 120 valence electrons. The molecule has 1 aliphatic heterocycles. The van der Waals surface area contributed by atoms with Crippen LogP contribution in [-0.4, -0.2) is 34.7 Å². The molecule has 1 aromatic carbocycles. The Labute approximate surface area is 138 Å². The van der Waals surface area contributed by atoms with E-state index in [4.69, 9.17) is 0 Å². The molecule has 0 unspecified atom stereocenters. The lowest BCUT2D eigenvalue weighted by Gasteiger charge is -2.08. The molecule has 23 heavy (non-hydrogen) atoms. The van der Waals surface area contributed by atoms with Crippen LogP contribution in [0.5, 0.6) is 0 Å². The molecule has 5 nitrogen and oxygen atoms in total. The van der Waals surface area contributed by atoms with Gasteiger partial charge >= 0.3 is 0 Å². The molecular weight excluding hydrogens is 310 g/mol. The number of aliphatic hydroxyl groups is 1. The fourth-order valence-electron chi connectivity index (χ4n) is 3.30. The predicted molar refractivity (Wildman–Crippen MR) is 90.6 cm³/mol. The van der Waals surface area contributed by atoms with E-state index in [1.165, 1.54) is 35.3 Å². The van der Waals surface area contributed by atoms with Crippen LogP contribution in [-0.2, 0) is 17.6 Å². The van der Waals surface area contributed by atoms with Crippen molar-refractivity contribution >= 4 is 22.4 Å². The number of thiazole rings is 1. The van der Waals surface area contributed by atoms with Gasteiger partial charge in [0.25, 0.3) is 0 Å². The van der Waals surface area contributed by atoms with E-state index in [-0.39, 0.29) is 11.9 Å². The number of carbonyl (C=O) groups excluding carboxylic acids is 1. The lowest BCUT2D eigenvalue weighted by Crippen LogP contribution is -2.35. The molecule has 3 N–H and O–H groups in total. The third kappa shape index (κ3) is 3.02. The van der Waals surface area contributed by atoms with Gasteiger partial charge in [-0.15, -0.1) is 11.3 Å². The highest BCUT2D eigenvalue weighted by Gasteiger charge is 2.28. The first-order chi connectivity index (χ1) is 11.2. The topological polar surface area (TPSA) is 74.2 Å². The molecule has 2 aromatic rings. The number of fused-ring (bicyclic) bond motifs is 1. The lowest BCUT2D eigenvalue weighted by atomic mass is 10.1. The van der Waals surface area contributed by atoms with Crippen LogP contribution in [0.15, 0.2) is 23.6 Å². The average Bonchev–Trinajstić information content (AvgIpc) is 3.26. The number of amides is 1. The summed E-state index contributed by atoms with van der Waals surface area (Å²) in [7, 11) is 0. The van der Waals surface area contributed by atoms with E-state index in [0.717, 1.165) is 17.7 Å². The fourth-order valence-corrected chi connectivity index (χ4v) is 4.03. The zero-order valence-electron chi connectivity index (χ0n) is 12.7. The molecule has 0 saturated carbocycles. The number of aryl methyl sites for hydroxylation is 2. The summed E-state index contributed by atoms with van der Waals surface area (Å²) < 4.78 is 0. The van der Waals surface area contributed by atoms with E-state index in [1.807, 2.05) is 5.38 Å². The first kappa shape index (κ1) is 14.8. The normalized spacial score (nSPS) is 23.0. The first-order valence-electron chi connectivity index (χ1n) is 7.99. The Morgan fingerprint density at radius 3 is 3.04 bits per heavy atom. The minimum Gasteiger partial charge on any atom is -0.392 e. The van der Waals surface area contributed by atoms with Crippen molar-refractivity contribution in [3.05, 3.63) is 34.7 Å². The number of aliphatic hydroxyl groups excluding tert-OH is 1. The van der Waals surface area contributed by atoms with Crippen LogP contribution in [0.4, 0.5) is 5.13 Å². The largest absolute Gasteiger partial charge is 0.392 e. The molecule has 4 rings (SSSR count). The Morgan fingerprint density at radius 1 is 1.35 bits per heavy atom. The van der Waals surface area contributed by atoms with Gasteiger partial charge in [-0.1, -0.05) is 12.1 Å². The van der Waals surface area contributed by atoms with E-state index in [2.05, 4.69) is 33.8 Å². The van der Waals surface area contributed by atoms with Crippen LogP contribution >= 0.6 is 11.3 Å². The molecule has 6 heteroatoms. The number of hydrogen-bond acceptors (Lipinski definition) is 5. The summed E-state index contributed by atoms with van der Waals surface area (Å²) >= 11 is 1.43. The molecule has 0 radical (unpaired) electrons. The van der Waals surface area contributed by atoms with Crippen LogP contribution in [0.3, 0.4) is 0 Å². The summed E-state index contributed by atoms with van der Waals surface area (Å²) in [6.45, 7) is 0.469. The van der Waals surface area contributed by atoms with Gasteiger partial charge in [0.1, 0.15) is 0 Å². The number of β-amino-alcohol motifs (C(OH)–C–C–N with tert-alkyl or cyclic N) is 1. The molecule has 1 aliphatic carbocycles. The summed E-state index contributed by atoms with van der Waals surface area (Å²) in [6, 6.07) is 6.19. The summed E-state index contributed by atoms with van der Waals surface area (Å²) in [5, 5.41) is 17.9. The molecule has 2 aliphatic rings. The van der Waals surface area contributed by atoms with Gasteiger partial charge in [-0.25, -0.2) is 4.98 Å². The second kappa shape index (κ2) is 6.03. The van der Waals surface area contributed by atoms with Crippen LogP contribution < -0.4 is 10.6 Å². The summed E-state index contributed by atoms with van der Waals surface area (Å²) in [4.78, 5) is 16.7. The van der Waals surface area contributed by atoms with Crippen LogP contribution in [0, 0.1) is 0 Å². The quantitative estimate of drug-likeness (QED) is 0.805. The Bertz CT molecular complexity index is 743. The highest BCUT2D eigenvalue weighted by Crippen LogP contribution is 2.30. The van der Waals surface area contributed by atoms with Gasteiger partial charge in [-0.3, -0.25) is 4.79 Å². The number of anilines is 1. The minimum atomic E-state index is -0.441. The van der Waals surface area contributed by atoms with Crippen molar-refractivity contribution in [2.75, 3.05) is 11.9 Å². The third-order valence-electron chi connectivity index (χ3n) is 4.55. The SMILES string of the molecule is O=C(Nc1nc(-c2ccc3c(c2)CCC3)cs1)[C@@H]1C[C@@H](O)CN1. The number of nitrogens with one attached hydrogen (secondary N) is 2. The number of hydrogen-bond donors (Lipinski definition) is 3. The zero-order chi connectivity index (χ0) is 15.8. The van der Waals surface area contributed by atoms with Crippen molar-refractivity contribution in [3.8, 4) is 11.3 Å². The second-order valence-electron chi connectivity index (χ2n) is 6.21. The van der Waals surface area contributed by atoms with Gasteiger partial charge in [0.15, 0.2) is 5.13 Å². The molecule has 2 heterocycles. The predicted octanol–water partition coefficient (Wildman–Crippen LogP) is 1.96. The van der Waals surface area contributed by atoms with Crippen molar-refractivity contribution in [1.29, 1.82) is 0 Å². The molecule has 1 fully saturated rings. The highest BCUT2D eigenvalue weighted by molar-refractivity contribution is 7.14. The number of benzene rings is 1. The van der Waals surface area contributed by atoms with E-state index >= 15 is 0 Å². The van der Waals surface area contributed by atoms with Crippen molar-refractivity contribution in [2.24, 2.45) is 0 Å². The Morgan fingerprint density at radius 2 is 2.22 bits per heavy atom. The van der Waals surface area contributed by atoms with E-state index in [9.17, 15) is 9.90 Å². The smallest absolute Gasteiger partial charge is 0.243 e. The van der Waals surface area contributed by atoms with Gasteiger partial charge in [-0.05, 0) is 42.9 Å². The number of rotatable bonds is 3. The van der Waals surface area contributed by atoms with Crippen molar-refractivity contribution < 1.29 is 9.90 Å². The maximum absolute atomic E-state index is 12.1. The molecule has 1 saturated heterocycles. The molecule has 1 amide bonds.